The van der Waals surface area contributed by atoms with Gasteiger partial charge in [-0.3, -0.25) is 9.69 Å². The Bertz CT molecular complexity index is 716. The number of carbonyl (C=O) groups excluding carboxylic acids is 1. The fraction of sp³-hybridized carbons (Fsp3) is 0.333. The Morgan fingerprint density at radius 3 is 2.56 bits per heavy atom. The van der Waals surface area contributed by atoms with Crippen molar-refractivity contribution in [2.75, 3.05) is 39.3 Å². The molecular weight excluding hydrogens is 386 g/mol. The molecule has 1 aromatic carbocycles. The molecule has 25 heavy (non-hydrogen) atoms. The molecule has 1 amide bonds. The van der Waals surface area contributed by atoms with Crippen LogP contribution in [0.15, 0.2) is 47.1 Å². The maximum atomic E-state index is 12.9. The molecule has 132 valence electrons. The second-order valence-electron chi connectivity index (χ2n) is 5.77. The summed E-state index contributed by atoms with van der Waals surface area (Å²) in [6, 6.07) is 10.9. The Kier molecular flexibility index (Phi) is 6.01. The van der Waals surface area contributed by atoms with E-state index in [0.717, 1.165) is 17.6 Å². The summed E-state index contributed by atoms with van der Waals surface area (Å²) in [6.45, 7) is 3.57. The fourth-order valence-electron chi connectivity index (χ4n) is 2.74. The summed E-state index contributed by atoms with van der Waals surface area (Å²) >= 11 is 3.38. The van der Waals surface area contributed by atoms with Crippen LogP contribution in [0.25, 0.3) is 0 Å². The van der Waals surface area contributed by atoms with Crippen LogP contribution >= 0.6 is 15.9 Å². The Morgan fingerprint density at radius 2 is 1.88 bits per heavy atom. The number of ether oxygens (including phenoxy) is 1. The van der Waals surface area contributed by atoms with Gasteiger partial charge in [-0.1, -0.05) is 15.9 Å². The van der Waals surface area contributed by atoms with E-state index >= 15 is 0 Å². The standard InChI is InChI=1S/C18H20BrN3O3/c19-14-3-5-15(6-4-14)25-17-16(2-1-7-20-17)18(24)22-10-8-21(9-11-22)12-13-23/h1-7,23H,8-13H2. The van der Waals surface area contributed by atoms with Crippen molar-refractivity contribution in [1.29, 1.82) is 0 Å². The summed E-state index contributed by atoms with van der Waals surface area (Å²) in [5, 5.41) is 9.02. The summed E-state index contributed by atoms with van der Waals surface area (Å²) in [5.74, 6) is 0.861. The molecule has 1 aliphatic heterocycles. The van der Waals surface area contributed by atoms with Crippen LogP contribution in [0, 0.1) is 0 Å². The van der Waals surface area contributed by atoms with Crippen LogP contribution in [-0.4, -0.2) is 65.1 Å². The second-order valence-corrected chi connectivity index (χ2v) is 6.69. The van der Waals surface area contributed by atoms with E-state index in [1.54, 1.807) is 23.2 Å². The fourth-order valence-corrected chi connectivity index (χ4v) is 3.00. The number of piperazine rings is 1. The van der Waals surface area contributed by atoms with Gasteiger partial charge in [0.05, 0.1) is 6.61 Å². The minimum absolute atomic E-state index is 0.0798. The summed E-state index contributed by atoms with van der Waals surface area (Å²) < 4.78 is 6.77. The van der Waals surface area contributed by atoms with Crippen molar-refractivity contribution >= 4 is 21.8 Å². The Balaban J connectivity index is 1.72. The first-order valence-electron chi connectivity index (χ1n) is 8.18. The quantitative estimate of drug-likeness (QED) is 0.826. The van der Waals surface area contributed by atoms with Crippen molar-refractivity contribution in [2.45, 2.75) is 0 Å². The van der Waals surface area contributed by atoms with E-state index in [9.17, 15) is 4.79 Å². The van der Waals surface area contributed by atoms with Crippen LogP contribution in [0.5, 0.6) is 11.6 Å². The molecule has 0 unspecified atom stereocenters. The molecule has 1 aliphatic rings. The first-order valence-corrected chi connectivity index (χ1v) is 8.97. The molecule has 1 aromatic heterocycles. The zero-order chi connectivity index (χ0) is 17.6. The van der Waals surface area contributed by atoms with Crippen molar-refractivity contribution in [1.82, 2.24) is 14.8 Å². The number of benzene rings is 1. The van der Waals surface area contributed by atoms with Crippen LogP contribution < -0.4 is 4.74 Å². The zero-order valence-corrected chi connectivity index (χ0v) is 15.4. The number of halogens is 1. The van der Waals surface area contributed by atoms with Crippen LogP contribution in [-0.2, 0) is 0 Å². The van der Waals surface area contributed by atoms with E-state index in [0.29, 0.717) is 36.8 Å². The molecule has 1 N–H and O–H groups in total. The smallest absolute Gasteiger partial charge is 0.259 e. The van der Waals surface area contributed by atoms with Gasteiger partial charge in [-0.05, 0) is 36.4 Å². The first kappa shape index (κ1) is 17.8. The monoisotopic (exact) mass is 405 g/mol. The molecule has 1 saturated heterocycles. The van der Waals surface area contributed by atoms with Gasteiger partial charge in [0.15, 0.2) is 0 Å². The highest BCUT2D eigenvalue weighted by Gasteiger charge is 2.24. The van der Waals surface area contributed by atoms with Crippen LogP contribution in [0.1, 0.15) is 10.4 Å². The van der Waals surface area contributed by atoms with E-state index < -0.39 is 0 Å². The van der Waals surface area contributed by atoms with Gasteiger partial charge in [-0.2, -0.15) is 0 Å². The summed E-state index contributed by atoms with van der Waals surface area (Å²) in [6.07, 6.45) is 1.62. The number of aromatic nitrogens is 1. The number of aliphatic hydroxyl groups excluding tert-OH is 1. The lowest BCUT2D eigenvalue weighted by Gasteiger charge is -2.34. The highest BCUT2D eigenvalue weighted by Crippen LogP contribution is 2.25. The number of nitrogens with zero attached hydrogens (tertiary/aromatic N) is 3. The van der Waals surface area contributed by atoms with Gasteiger partial charge in [0.2, 0.25) is 5.88 Å². The SMILES string of the molecule is O=C(c1cccnc1Oc1ccc(Br)cc1)N1CCN(CCO)CC1. The summed E-state index contributed by atoms with van der Waals surface area (Å²) in [4.78, 5) is 21.0. The third-order valence-corrected chi connectivity index (χ3v) is 4.63. The Hall–Kier alpha value is -1.96. The lowest BCUT2D eigenvalue weighted by atomic mass is 10.2. The topological polar surface area (TPSA) is 65.9 Å². The molecule has 2 aromatic rings. The zero-order valence-electron chi connectivity index (χ0n) is 13.8. The first-order chi connectivity index (χ1) is 12.2. The normalized spacial score (nSPS) is 15.2. The average Bonchev–Trinajstić information content (AvgIpc) is 2.64. The lowest BCUT2D eigenvalue weighted by Crippen LogP contribution is -2.49. The van der Waals surface area contributed by atoms with E-state index in [1.165, 1.54) is 0 Å². The van der Waals surface area contributed by atoms with Crippen molar-refractivity contribution in [2.24, 2.45) is 0 Å². The van der Waals surface area contributed by atoms with Crippen LogP contribution in [0.3, 0.4) is 0 Å². The maximum absolute atomic E-state index is 12.9. The Morgan fingerprint density at radius 1 is 1.16 bits per heavy atom. The van der Waals surface area contributed by atoms with Gasteiger partial charge >= 0.3 is 0 Å². The molecular formula is C18H20BrN3O3. The number of carbonyl (C=O) groups is 1. The van der Waals surface area contributed by atoms with Crippen LogP contribution in [0.2, 0.25) is 0 Å². The van der Waals surface area contributed by atoms with Crippen molar-refractivity contribution < 1.29 is 14.6 Å². The van der Waals surface area contributed by atoms with Crippen molar-refractivity contribution in [3.8, 4) is 11.6 Å². The number of hydrogen-bond acceptors (Lipinski definition) is 5. The molecule has 6 nitrogen and oxygen atoms in total. The van der Waals surface area contributed by atoms with Gasteiger partial charge in [0.25, 0.3) is 5.91 Å². The minimum atomic E-state index is -0.0798. The third-order valence-electron chi connectivity index (χ3n) is 4.11. The number of hydrogen-bond donors (Lipinski definition) is 1. The Labute approximate surface area is 155 Å². The van der Waals surface area contributed by atoms with E-state index in [1.807, 2.05) is 24.3 Å². The highest BCUT2D eigenvalue weighted by atomic mass is 79.9. The average molecular weight is 406 g/mol. The van der Waals surface area contributed by atoms with Crippen LogP contribution in [0.4, 0.5) is 0 Å². The van der Waals surface area contributed by atoms with E-state index in [4.69, 9.17) is 9.84 Å². The van der Waals surface area contributed by atoms with Crippen molar-refractivity contribution in [3.63, 3.8) is 0 Å². The molecule has 0 saturated carbocycles. The van der Waals surface area contributed by atoms with Gasteiger partial charge in [-0.25, -0.2) is 4.98 Å². The number of aliphatic hydroxyl groups is 1. The molecule has 0 atom stereocenters. The van der Waals surface area contributed by atoms with Crippen molar-refractivity contribution in [3.05, 3.63) is 52.6 Å². The number of amides is 1. The van der Waals surface area contributed by atoms with Gasteiger partial charge in [0, 0.05) is 43.4 Å². The maximum Gasteiger partial charge on any atom is 0.259 e. The minimum Gasteiger partial charge on any atom is -0.438 e. The molecule has 0 bridgehead atoms. The summed E-state index contributed by atoms with van der Waals surface area (Å²) in [7, 11) is 0. The summed E-state index contributed by atoms with van der Waals surface area (Å²) in [5.41, 5.74) is 0.459. The molecule has 0 radical (unpaired) electrons. The molecule has 2 heterocycles. The molecule has 0 aliphatic carbocycles. The number of rotatable bonds is 5. The largest absolute Gasteiger partial charge is 0.438 e. The number of pyridine rings is 1. The molecule has 0 spiro atoms. The van der Waals surface area contributed by atoms with E-state index in [2.05, 4.69) is 25.8 Å². The predicted octanol–water partition coefficient (Wildman–Crippen LogP) is 2.39. The highest BCUT2D eigenvalue weighted by molar-refractivity contribution is 9.10. The van der Waals surface area contributed by atoms with Gasteiger partial charge in [-0.15, -0.1) is 0 Å². The lowest BCUT2D eigenvalue weighted by molar-refractivity contribution is 0.0612. The molecule has 1 fully saturated rings. The predicted molar refractivity (Wildman–Crippen MR) is 97.9 cm³/mol. The van der Waals surface area contributed by atoms with Gasteiger partial charge in [0.1, 0.15) is 11.3 Å². The molecule has 3 rings (SSSR count). The molecule has 7 heteroatoms. The second kappa shape index (κ2) is 8.42. The number of β-amino-alcohol motifs (C(OH)–C–C–N with tert-alkyl or cyclic N) is 1. The van der Waals surface area contributed by atoms with Gasteiger partial charge < -0.3 is 14.7 Å². The third kappa shape index (κ3) is 4.56. The van der Waals surface area contributed by atoms with E-state index in [-0.39, 0.29) is 12.5 Å².